The van der Waals surface area contributed by atoms with Gasteiger partial charge in [0.25, 0.3) is 0 Å². The van der Waals surface area contributed by atoms with E-state index in [9.17, 15) is 0 Å². The fourth-order valence-electron chi connectivity index (χ4n) is 1.71. The van der Waals surface area contributed by atoms with Crippen LogP contribution in [0.25, 0.3) is 0 Å². The second-order valence-electron chi connectivity index (χ2n) is 4.23. The molecule has 0 fully saturated rings. The highest BCUT2D eigenvalue weighted by Crippen LogP contribution is 2.29. The van der Waals surface area contributed by atoms with Gasteiger partial charge < -0.3 is 10.1 Å². The first-order chi connectivity index (χ1) is 9.63. The summed E-state index contributed by atoms with van der Waals surface area (Å²) >= 11 is 6.07. The maximum absolute atomic E-state index is 6.07. The molecule has 0 saturated heterocycles. The number of nitrogens with one attached hydrogen (secondary N) is 1. The Hall–Kier alpha value is -1.88. The van der Waals surface area contributed by atoms with Crippen molar-refractivity contribution in [2.24, 2.45) is 0 Å². The summed E-state index contributed by atoms with van der Waals surface area (Å²) in [6, 6.07) is 3.78. The molecule has 0 saturated carbocycles. The first kappa shape index (κ1) is 14.5. The van der Waals surface area contributed by atoms with Crippen LogP contribution in [0.4, 0.5) is 5.95 Å². The Morgan fingerprint density at radius 3 is 2.75 bits per heavy atom. The molecule has 1 N–H and O–H groups in total. The Bertz CT molecular complexity index is 604. The number of rotatable bonds is 5. The quantitative estimate of drug-likeness (QED) is 0.912. The zero-order chi connectivity index (χ0) is 14.5. The lowest BCUT2D eigenvalue weighted by Crippen LogP contribution is -2.03. The van der Waals surface area contributed by atoms with Crippen LogP contribution in [-0.2, 0) is 6.42 Å². The van der Waals surface area contributed by atoms with Gasteiger partial charge in [0.15, 0.2) is 5.75 Å². The third-order valence-electron chi connectivity index (χ3n) is 2.66. The van der Waals surface area contributed by atoms with Crippen LogP contribution in [-0.4, -0.2) is 21.5 Å². The van der Waals surface area contributed by atoms with Crippen molar-refractivity contribution in [1.29, 1.82) is 0 Å². The van der Waals surface area contributed by atoms with E-state index in [4.69, 9.17) is 16.3 Å². The van der Waals surface area contributed by atoms with E-state index in [-0.39, 0.29) is 0 Å². The standard InChI is InChI=1S/C14H17ClN4O/c1-4-11-12(7-6-9(3)18-11)20-13-10(15)8-17-14(19-13)16-5-2/h6-8H,4-5H2,1-3H3,(H,16,17,19). The average Bonchev–Trinajstić information content (AvgIpc) is 2.44. The highest BCUT2D eigenvalue weighted by molar-refractivity contribution is 6.31. The molecule has 106 valence electrons. The normalized spacial score (nSPS) is 10.4. The van der Waals surface area contributed by atoms with Crippen molar-refractivity contribution in [1.82, 2.24) is 15.0 Å². The van der Waals surface area contributed by atoms with Gasteiger partial charge in [-0.2, -0.15) is 4.98 Å². The van der Waals surface area contributed by atoms with E-state index in [1.54, 1.807) is 0 Å². The molecule has 2 aromatic heterocycles. The van der Waals surface area contributed by atoms with Gasteiger partial charge in [0.2, 0.25) is 11.8 Å². The number of nitrogens with zero attached hydrogens (tertiary/aromatic N) is 3. The van der Waals surface area contributed by atoms with Crippen LogP contribution in [0.2, 0.25) is 5.02 Å². The average molecular weight is 293 g/mol. The number of hydrogen-bond acceptors (Lipinski definition) is 5. The van der Waals surface area contributed by atoms with Crippen molar-refractivity contribution in [2.75, 3.05) is 11.9 Å². The van der Waals surface area contributed by atoms with Gasteiger partial charge in [-0.25, -0.2) is 4.98 Å². The van der Waals surface area contributed by atoms with Crippen LogP contribution in [0.15, 0.2) is 18.3 Å². The largest absolute Gasteiger partial charge is 0.435 e. The molecule has 0 aliphatic carbocycles. The number of anilines is 1. The Balaban J connectivity index is 2.31. The van der Waals surface area contributed by atoms with Crippen molar-refractivity contribution in [3.05, 3.63) is 34.7 Å². The van der Waals surface area contributed by atoms with Crippen molar-refractivity contribution in [3.8, 4) is 11.6 Å². The first-order valence-corrected chi connectivity index (χ1v) is 6.92. The Morgan fingerprint density at radius 2 is 2.05 bits per heavy atom. The van der Waals surface area contributed by atoms with Gasteiger partial charge in [0.05, 0.1) is 11.9 Å². The summed E-state index contributed by atoms with van der Waals surface area (Å²) in [7, 11) is 0. The lowest BCUT2D eigenvalue weighted by atomic mass is 10.2. The fourth-order valence-corrected chi connectivity index (χ4v) is 1.84. The molecule has 0 spiro atoms. The molecule has 0 radical (unpaired) electrons. The molecule has 0 bridgehead atoms. The van der Waals surface area contributed by atoms with E-state index >= 15 is 0 Å². The summed E-state index contributed by atoms with van der Waals surface area (Å²) in [5.74, 6) is 1.49. The predicted octanol–water partition coefficient (Wildman–Crippen LogP) is 3.62. The molecule has 6 heteroatoms. The van der Waals surface area contributed by atoms with E-state index in [0.29, 0.717) is 22.6 Å². The fraction of sp³-hybridized carbons (Fsp3) is 0.357. The summed E-state index contributed by atoms with van der Waals surface area (Å²) in [4.78, 5) is 12.8. The second-order valence-corrected chi connectivity index (χ2v) is 4.64. The smallest absolute Gasteiger partial charge is 0.243 e. The molecule has 2 aromatic rings. The van der Waals surface area contributed by atoms with Gasteiger partial charge in [-0.15, -0.1) is 0 Å². The zero-order valence-electron chi connectivity index (χ0n) is 11.8. The number of hydrogen-bond donors (Lipinski definition) is 1. The molecule has 0 unspecified atom stereocenters. The Kier molecular flexibility index (Phi) is 4.74. The van der Waals surface area contributed by atoms with E-state index in [2.05, 4.69) is 20.3 Å². The minimum Gasteiger partial charge on any atom is -0.435 e. The summed E-state index contributed by atoms with van der Waals surface area (Å²) in [6.45, 7) is 6.68. The van der Waals surface area contributed by atoms with Crippen LogP contribution in [0.5, 0.6) is 11.6 Å². The molecule has 5 nitrogen and oxygen atoms in total. The maximum Gasteiger partial charge on any atom is 0.243 e. The molecule has 0 amide bonds. The van der Waals surface area contributed by atoms with E-state index in [1.807, 2.05) is 32.9 Å². The SMILES string of the molecule is CCNc1ncc(Cl)c(Oc2ccc(C)nc2CC)n1. The third kappa shape index (κ3) is 3.36. The number of ether oxygens (including phenoxy) is 1. The van der Waals surface area contributed by atoms with E-state index in [1.165, 1.54) is 6.20 Å². The van der Waals surface area contributed by atoms with Gasteiger partial charge in [0, 0.05) is 12.2 Å². The first-order valence-electron chi connectivity index (χ1n) is 6.54. The van der Waals surface area contributed by atoms with Gasteiger partial charge in [-0.1, -0.05) is 18.5 Å². The van der Waals surface area contributed by atoms with Crippen molar-refractivity contribution < 1.29 is 4.74 Å². The summed E-state index contributed by atoms with van der Waals surface area (Å²) in [6.07, 6.45) is 2.30. The second kappa shape index (κ2) is 6.52. The van der Waals surface area contributed by atoms with Gasteiger partial charge in [-0.05, 0) is 32.4 Å². The Labute approximate surface area is 123 Å². The van der Waals surface area contributed by atoms with Gasteiger partial charge >= 0.3 is 0 Å². The van der Waals surface area contributed by atoms with Crippen LogP contribution in [0.1, 0.15) is 25.2 Å². The molecule has 0 aromatic carbocycles. The molecular weight excluding hydrogens is 276 g/mol. The van der Waals surface area contributed by atoms with E-state index in [0.717, 1.165) is 24.4 Å². The minimum atomic E-state index is 0.331. The zero-order valence-corrected chi connectivity index (χ0v) is 12.5. The highest BCUT2D eigenvalue weighted by atomic mass is 35.5. The lowest BCUT2D eigenvalue weighted by Gasteiger charge is -2.11. The maximum atomic E-state index is 6.07. The summed E-state index contributed by atoms with van der Waals surface area (Å²) in [5.41, 5.74) is 1.83. The number of pyridine rings is 1. The number of aryl methyl sites for hydroxylation is 2. The summed E-state index contributed by atoms with van der Waals surface area (Å²) < 4.78 is 5.79. The molecule has 0 aliphatic rings. The molecular formula is C14H17ClN4O. The number of halogens is 1. The van der Waals surface area contributed by atoms with Crippen LogP contribution in [0, 0.1) is 6.92 Å². The van der Waals surface area contributed by atoms with Crippen LogP contribution < -0.4 is 10.1 Å². The van der Waals surface area contributed by atoms with Gasteiger partial charge in [-0.3, -0.25) is 4.98 Å². The predicted molar refractivity (Wildman–Crippen MR) is 79.6 cm³/mol. The molecule has 2 heterocycles. The van der Waals surface area contributed by atoms with Crippen LogP contribution in [0.3, 0.4) is 0 Å². The molecule has 0 atom stereocenters. The minimum absolute atomic E-state index is 0.331. The molecule has 2 rings (SSSR count). The highest BCUT2D eigenvalue weighted by Gasteiger charge is 2.11. The molecule has 0 aliphatic heterocycles. The topological polar surface area (TPSA) is 59.9 Å². The van der Waals surface area contributed by atoms with Gasteiger partial charge in [0.1, 0.15) is 5.02 Å². The van der Waals surface area contributed by atoms with Crippen molar-refractivity contribution >= 4 is 17.5 Å². The number of aromatic nitrogens is 3. The van der Waals surface area contributed by atoms with Crippen molar-refractivity contribution in [3.63, 3.8) is 0 Å². The van der Waals surface area contributed by atoms with E-state index < -0.39 is 0 Å². The monoisotopic (exact) mass is 292 g/mol. The van der Waals surface area contributed by atoms with Crippen molar-refractivity contribution in [2.45, 2.75) is 27.2 Å². The molecule has 20 heavy (non-hydrogen) atoms. The summed E-state index contributed by atoms with van der Waals surface area (Å²) in [5, 5.41) is 3.39. The lowest BCUT2D eigenvalue weighted by molar-refractivity contribution is 0.453. The van der Waals surface area contributed by atoms with Crippen LogP contribution >= 0.6 is 11.6 Å². The third-order valence-corrected chi connectivity index (χ3v) is 2.92. The Morgan fingerprint density at radius 1 is 1.25 bits per heavy atom.